The second-order valence-corrected chi connectivity index (χ2v) is 4.42. The van der Waals surface area contributed by atoms with Crippen molar-refractivity contribution in [3.8, 4) is 0 Å². The fraction of sp³-hybridized carbons (Fsp3) is 1.00. The molecule has 80 valence electrons. The summed E-state index contributed by atoms with van der Waals surface area (Å²) in [5.41, 5.74) is 5.80. The lowest BCUT2D eigenvalue weighted by Crippen LogP contribution is -2.40. The summed E-state index contributed by atoms with van der Waals surface area (Å²) in [5.74, 6) is 0.664. The third-order valence-corrected chi connectivity index (χ3v) is 2.42. The third-order valence-electron chi connectivity index (χ3n) is 2.42. The minimum atomic E-state index is -0.147. The lowest BCUT2D eigenvalue weighted by atomic mass is 10.0. The van der Waals surface area contributed by atoms with Crippen molar-refractivity contribution in [3.05, 3.63) is 0 Å². The monoisotopic (exact) mass is 187 g/mol. The van der Waals surface area contributed by atoms with Crippen LogP contribution in [0.15, 0.2) is 0 Å². The number of nitrogens with two attached hydrogens (primary N) is 1. The molecule has 0 radical (unpaired) electrons. The zero-order valence-corrected chi connectivity index (χ0v) is 9.60. The summed E-state index contributed by atoms with van der Waals surface area (Å²) in [4.78, 5) is 0. The first kappa shape index (κ1) is 12.9. The second kappa shape index (κ2) is 6.39. The Morgan fingerprint density at radius 1 is 1.38 bits per heavy atom. The highest BCUT2D eigenvalue weighted by atomic mass is 16.5. The molecule has 2 heteroatoms. The highest BCUT2D eigenvalue weighted by Crippen LogP contribution is 2.09. The first-order valence-electron chi connectivity index (χ1n) is 5.38. The molecule has 0 spiro atoms. The van der Waals surface area contributed by atoms with Crippen molar-refractivity contribution >= 4 is 0 Å². The van der Waals surface area contributed by atoms with Crippen molar-refractivity contribution in [3.63, 3.8) is 0 Å². The average Bonchev–Trinajstić information content (AvgIpc) is 2.05. The smallest absolute Gasteiger partial charge is 0.0643 e. The zero-order valence-electron chi connectivity index (χ0n) is 9.60. The number of hydrogen-bond donors (Lipinski definition) is 1. The summed E-state index contributed by atoms with van der Waals surface area (Å²) < 4.78 is 5.58. The Hall–Kier alpha value is -0.0800. The van der Waals surface area contributed by atoms with Crippen LogP contribution in [0, 0.1) is 5.92 Å². The lowest BCUT2D eigenvalue weighted by molar-refractivity contribution is 0.0652. The van der Waals surface area contributed by atoms with Crippen molar-refractivity contribution in [2.75, 3.05) is 13.2 Å². The summed E-state index contributed by atoms with van der Waals surface area (Å²) >= 11 is 0. The summed E-state index contributed by atoms with van der Waals surface area (Å²) in [5, 5.41) is 0. The van der Waals surface area contributed by atoms with E-state index in [0.29, 0.717) is 12.5 Å². The van der Waals surface area contributed by atoms with Gasteiger partial charge in [0.2, 0.25) is 0 Å². The standard InChI is InChI=1S/C11H25NO/c1-5-7-10(3)8-13-9-11(4,12)6-2/h10H,5-9,12H2,1-4H3. The van der Waals surface area contributed by atoms with E-state index in [2.05, 4.69) is 20.8 Å². The first-order chi connectivity index (χ1) is 6.02. The van der Waals surface area contributed by atoms with Crippen LogP contribution in [-0.4, -0.2) is 18.8 Å². The van der Waals surface area contributed by atoms with Crippen molar-refractivity contribution in [1.29, 1.82) is 0 Å². The summed E-state index contributed by atoms with van der Waals surface area (Å²) in [6.45, 7) is 10.1. The van der Waals surface area contributed by atoms with Gasteiger partial charge in [-0.25, -0.2) is 0 Å². The molecule has 0 saturated heterocycles. The molecule has 0 amide bonds. The Labute approximate surface area is 82.8 Å². The summed E-state index contributed by atoms with van der Waals surface area (Å²) in [7, 11) is 0. The molecule has 0 aromatic heterocycles. The van der Waals surface area contributed by atoms with Crippen molar-refractivity contribution in [2.45, 2.75) is 52.5 Å². The van der Waals surface area contributed by atoms with Crippen molar-refractivity contribution in [1.82, 2.24) is 0 Å². The fourth-order valence-corrected chi connectivity index (χ4v) is 1.17. The van der Waals surface area contributed by atoms with Crippen LogP contribution in [0.3, 0.4) is 0 Å². The third kappa shape index (κ3) is 7.03. The van der Waals surface area contributed by atoms with E-state index in [0.717, 1.165) is 13.0 Å². The molecule has 0 aliphatic carbocycles. The van der Waals surface area contributed by atoms with Crippen molar-refractivity contribution < 1.29 is 4.74 Å². The van der Waals surface area contributed by atoms with E-state index in [4.69, 9.17) is 10.5 Å². The Bertz CT molecular complexity index is 123. The van der Waals surface area contributed by atoms with Gasteiger partial charge in [-0.05, 0) is 25.7 Å². The van der Waals surface area contributed by atoms with Gasteiger partial charge in [0, 0.05) is 12.1 Å². The SMILES string of the molecule is CCCC(C)COCC(C)(N)CC. The van der Waals surface area contributed by atoms with E-state index >= 15 is 0 Å². The Balaban J connectivity index is 3.44. The quantitative estimate of drug-likeness (QED) is 0.665. The van der Waals surface area contributed by atoms with E-state index in [1.807, 2.05) is 6.92 Å². The molecule has 0 rings (SSSR count). The van der Waals surface area contributed by atoms with Crippen LogP contribution in [0.2, 0.25) is 0 Å². The predicted octanol–water partition coefficient (Wildman–Crippen LogP) is 2.57. The molecule has 0 aromatic carbocycles. The average molecular weight is 187 g/mol. The highest BCUT2D eigenvalue weighted by Gasteiger charge is 2.15. The van der Waals surface area contributed by atoms with Crippen LogP contribution in [0.25, 0.3) is 0 Å². The largest absolute Gasteiger partial charge is 0.379 e. The van der Waals surface area contributed by atoms with E-state index in [1.165, 1.54) is 12.8 Å². The zero-order chi connectivity index (χ0) is 10.3. The molecule has 0 aliphatic rings. The maximum atomic E-state index is 5.95. The van der Waals surface area contributed by atoms with E-state index in [1.54, 1.807) is 0 Å². The van der Waals surface area contributed by atoms with Crippen LogP contribution >= 0.6 is 0 Å². The van der Waals surface area contributed by atoms with Gasteiger partial charge in [-0.2, -0.15) is 0 Å². The Morgan fingerprint density at radius 2 is 2.00 bits per heavy atom. The maximum Gasteiger partial charge on any atom is 0.0643 e. The van der Waals surface area contributed by atoms with Gasteiger partial charge in [-0.3, -0.25) is 0 Å². The Kier molecular flexibility index (Phi) is 6.35. The van der Waals surface area contributed by atoms with Gasteiger partial charge in [0.05, 0.1) is 6.61 Å². The number of rotatable bonds is 7. The van der Waals surface area contributed by atoms with Gasteiger partial charge in [0.25, 0.3) is 0 Å². The molecule has 2 unspecified atom stereocenters. The number of ether oxygens (including phenoxy) is 1. The molecule has 2 nitrogen and oxygen atoms in total. The molecule has 0 aromatic rings. The van der Waals surface area contributed by atoms with E-state index < -0.39 is 0 Å². The van der Waals surface area contributed by atoms with Gasteiger partial charge in [-0.15, -0.1) is 0 Å². The van der Waals surface area contributed by atoms with Gasteiger partial charge < -0.3 is 10.5 Å². The number of hydrogen-bond acceptors (Lipinski definition) is 2. The van der Waals surface area contributed by atoms with Crippen molar-refractivity contribution in [2.24, 2.45) is 11.7 Å². The normalized spacial score (nSPS) is 18.2. The summed E-state index contributed by atoms with van der Waals surface area (Å²) in [6, 6.07) is 0. The maximum absolute atomic E-state index is 5.95. The van der Waals surface area contributed by atoms with Crippen LogP contribution in [0.4, 0.5) is 0 Å². The minimum absolute atomic E-state index is 0.147. The topological polar surface area (TPSA) is 35.2 Å². The van der Waals surface area contributed by atoms with Crippen LogP contribution < -0.4 is 5.73 Å². The fourth-order valence-electron chi connectivity index (χ4n) is 1.17. The van der Waals surface area contributed by atoms with Crippen LogP contribution in [0.5, 0.6) is 0 Å². The van der Waals surface area contributed by atoms with E-state index in [9.17, 15) is 0 Å². The highest BCUT2D eigenvalue weighted by molar-refractivity contribution is 4.75. The van der Waals surface area contributed by atoms with Gasteiger partial charge in [-0.1, -0.05) is 27.2 Å². The van der Waals surface area contributed by atoms with E-state index in [-0.39, 0.29) is 5.54 Å². The molecule has 0 aliphatic heterocycles. The molecule has 2 N–H and O–H groups in total. The predicted molar refractivity (Wildman–Crippen MR) is 57.8 cm³/mol. The van der Waals surface area contributed by atoms with Gasteiger partial charge >= 0.3 is 0 Å². The van der Waals surface area contributed by atoms with Gasteiger partial charge in [0.1, 0.15) is 0 Å². The molecule has 0 bridgehead atoms. The van der Waals surface area contributed by atoms with Gasteiger partial charge in [0.15, 0.2) is 0 Å². The molecule has 13 heavy (non-hydrogen) atoms. The molecular weight excluding hydrogens is 162 g/mol. The van der Waals surface area contributed by atoms with Crippen LogP contribution in [0.1, 0.15) is 47.0 Å². The summed E-state index contributed by atoms with van der Waals surface area (Å²) in [6.07, 6.45) is 3.45. The molecule has 2 atom stereocenters. The second-order valence-electron chi connectivity index (χ2n) is 4.42. The van der Waals surface area contributed by atoms with Crippen LogP contribution in [-0.2, 0) is 4.74 Å². The Morgan fingerprint density at radius 3 is 2.46 bits per heavy atom. The molecule has 0 heterocycles. The lowest BCUT2D eigenvalue weighted by Gasteiger charge is -2.23. The molecule has 0 saturated carbocycles. The first-order valence-corrected chi connectivity index (χ1v) is 5.38. The molecule has 0 fully saturated rings. The molecular formula is C11H25NO. The minimum Gasteiger partial charge on any atom is -0.379 e.